The van der Waals surface area contributed by atoms with Crippen LogP contribution >= 0.6 is 0 Å². The van der Waals surface area contributed by atoms with Crippen molar-refractivity contribution in [2.24, 2.45) is 0 Å². The van der Waals surface area contributed by atoms with E-state index in [9.17, 15) is 4.79 Å². The van der Waals surface area contributed by atoms with E-state index in [-0.39, 0.29) is 5.91 Å². The van der Waals surface area contributed by atoms with Crippen LogP contribution in [0.2, 0.25) is 0 Å². The first-order valence-electron chi connectivity index (χ1n) is 7.25. The Kier molecular flexibility index (Phi) is 3.64. The van der Waals surface area contributed by atoms with Crippen LogP contribution in [0.3, 0.4) is 0 Å². The Bertz CT molecular complexity index is 601. The van der Waals surface area contributed by atoms with Crippen molar-refractivity contribution in [3.63, 3.8) is 0 Å². The van der Waals surface area contributed by atoms with Crippen LogP contribution < -0.4 is 10.1 Å². The second kappa shape index (κ2) is 5.60. The van der Waals surface area contributed by atoms with Crippen molar-refractivity contribution in [1.29, 1.82) is 0 Å². The molecule has 1 aliphatic rings. The molecule has 0 spiro atoms. The molecule has 0 unspecified atom stereocenters. The zero-order valence-electron chi connectivity index (χ0n) is 12.1. The number of carbonyl (C=O) groups is 1. The van der Waals surface area contributed by atoms with Gasteiger partial charge >= 0.3 is 0 Å². The molecule has 1 heterocycles. The lowest BCUT2D eigenvalue weighted by Crippen LogP contribution is -2.40. The van der Waals surface area contributed by atoms with Crippen LogP contribution in [0.5, 0.6) is 5.75 Å². The van der Waals surface area contributed by atoms with Crippen molar-refractivity contribution >= 4 is 5.91 Å². The fraction of sp³-hybridized carbons (Fsp3) is 0.375. The third kappa shape index (κ3) is 3.07. The normalized spacial score (nSPS) is 15.5. The van der Waals surface area contributed by atoms with Crippen LogP contribution in [0.1, 0.15) is 25.3 Å². The quantitative estimate of drug-likeness (QED) is 0.883. The molecule has 1 aromatic heterocycles. The van der Waals surface area contributed by atoms with Crippen molar-refractivity contribution in [2.75, 3.05) is 6.54 Å². The molecule has 1 N–H and O–H groups in total. The highest BCUT2D eigenvalue weighted by Crippen LogP contribution is 2.40. The zero-order valence-corrected chi connectivity index (χ0v) is 12.1. The number of nitrogens with zero attached hydrogens (tertiary/aromatic N) is 2. The van der Waals surface area contributed by atoms with Gasteiger partial charge in [0.1, 0.15) is 5.75 Å². The summed E-state index contributed by atoms with van der Waals surface area (Å²) < 4.78 is 7.75. The van der Waals surface area contributed by atoms with Gasteiger partial charge in [0.05, 0.1) is 6.54 Å². The number of aromatic nitrogens is 2. The molecule has 1 saturated carbocycles. The molecule has 5 heteroatoms. The number of likely N-dealkylation sites (N-methyl/N-ethyl adjacent to an activating group) is 1. The second-order valence-electron chi connectivity index (χ2n) is 5.30. The van der Waals surface area contributed by atoms with E-state index >= 15 is 0 Å². The van der Waals surface area contributed by atoms with Crippen LogP contribution in [0.15, 0.2) is 42.7 Å². The minimum absolute atomic E-state index is 0.00869. The summed E-state index contributed by atoms with van der Waals surface area (Å²) in [7, 11) is 0. The minimum Gasteiger partial charge on any atom is -0.477 e. The van der Waals surface area contributed by atoms with Gasteiger partial charge in [0.15, 0.2) is 5.60 Å². The van der Waals surface area contributed by atoms with Crippen molar-refractivity contribution in [2.45, 2.75) is 31.9 Å². The highest BCUT2D eigenvalue weighted by Gasteiger charge is 2.52. The SMILES string of the molecule is CCNC(=O)C1(Oc2ccc(Cn3cccn3)cc2)CC1. The number of hydrogen-bond acceptors (Lipinski definition) is 3. The fourth-order valence-corrected chi connectivity index (χ4v) is 2.28. The highest BCUT2D eigenvalue weighted by molar-refractivity contribution is 5.88. The summed E-state index contributed by atoms with van der Waals surface area (Å²) in [5, 5.41) is 7.01. The number of hydrogen-bond donors (Lipinski definition) is 1. The lowest BCUT2D eigenvalue weighted by molar-refractivity contribution is -0.129. The molecule has 0 atom stereocenters. The summed E-state index contributed by atoms with van der Waals surface area (Å²) in [5.41, 5.74) is 0.508. The van der Waals surface area contributed by atoms with E-state index in [0.29, 0.717) is 6.54 Å². The maximum Gasteiger partial charge on any atom is 0.264 e. The molecule has 0 saturated heterocycles. The Morgan fingerprint density at radius 1 is 1.38 bits per heavy atom. The second-order valence-corrected chi connectivity index (χ2v) is 5.30. The van der Waals surface area contributed by atoms with Gasteiger partial charge in [-0.15, -0.1) is 0 Å². The van der Waals surface area contributed by atoms with Crippen LogP contribution in [-0.4, -0.2) is 27.8 Å². The van der Waals surface area contributed by atoms with Gasteiger partial charge in [0.25, 0.3) is 5.91 Å². The first-order valence-corrected chi connectivity index (χ1v) is 7.25. The van der Waals surface area contributed by atoms with Gasteiger partial charge in [-0.1, -0.05) is 12.1 Å². The van der Waals surface area contributed by atoms with E-state index in [2.05, 4.69) is 10.4 Å². The van der Waals surface area contributed by atoms with Gasteiger partial charge in [-0.05, 0) is 30.7 Å². The Morgan fingerprint density at radius 2 is 2.14 bits per heavy atom. The number of benzene rings is 1. The number of nitrogens with one attached hydrogen (secondary N) is 1. The highest BCUT2D eigenvalue weighted by atomic mass is 16.5. The number of carbonyl (C=O) groups excluding carboxylic acids is 1. The van der Waals surface area contributed by atoms with Crippen LogP contribution in [0, 0.1) is 0 Å². The van der Waals surface area contributed by atoms with Crippen molar-refractivity contribution in [1.82, 2.24) is 15.1 Å². The Labute approximate surface area is 123 Å². The number of amides is 1. The molecule has 1 amide bonds. The average Bonchev–Trinajstić information content (AvgIpc) is 3.09. The van der Waals surface area contributed by atoms with Crippen LogP contribution in [0.25, 0.3) is 0 Å². The van der Waals surface area contributed by atoms with Gasteiger partial charge in [-0.3, -0.25) is 9.48 Å². The Balaban J connectivity index is 1.63. The maximum absolute atomic E-state index is 12.0. The summed E-state index contributed by atoms with van der Waals surface area (Å²) in [4.78, 5) is 12.0. The first-order chi connectivity index (χ1) is 10.2. The molecule has 1 aromatic carbocycles. The minimum atomic E-state index is -0.639. The topological polar surface area (TPSA) is 56.1 Å². The largest absolute Gasteiger partial charge is 0.477 e. The number of ether oxygens (including phenoxy) is 1. The molecule has 0 radical (unpaired) electrons. The molecule has 1 fully saturated rings. The van der Waals surface area contributed by atoms with E-state index in [1.165, 1.54) is 0 Å². The maximum atomic E-state index is 12.0. The monoisotopic (exact) mass is 285 g/mol. The molecule has 2 aromatic rings. The van der Waals surface area contributed by atoms with E-state index in [4.69, 9.17) is 4.74 Å². The van der Waals surface area contributed by atoms with Crippen LogP contribution in [0.4, 0.5) is 0 Å². The van der Waals surface area contributed by atoms with E-state index in [1.807, 2.05) is 48.1 Å². The Hall–Kier alpha value is -2.30. The van der Waals surface area contributed by atoms with Crippen molar-refractivity contribution < 1.29 is 9.53 Å². The molecule has 0 aliphatic heterocycles. The lowest BCUT2D eigenvalue weighted by Gasteiger charge is -2.17. The molecular weight excluding hydrogens is 266 g/mol. The van der Waals surface area contributed by atoms with E-state index in [0.717, 1.165) is 30.7 Å². The molecule has 3 rings (SSSR count). The number of rotatable bonds is 6. The smallest absolute Gasteiger partial charge is 0.264 e. The van der Waals surface area contributed by atoms with Gasteiger partial charge in [-0.25, -0.2) is 0 Å². The third-order valence-corrected chi connectivity index (χ3v) is 3.60. The third-order valence-electron chi connectivity index (χ3n) is 3.60. The van der Waals surface area contributed by atoms with Crippen molar-refractivity contribution in [3.8, 4) is 5.75 Å². The Morgan fingerprint density at radius 3 is 2.71 bits per heavy atom. The molecule has 5 nitrogen and oxygen atoms in total. The predicted octanol–water partition coefficient (Wildman–Crippen LogP) is 1.98. The summed E-state index contributed by atoms with van der Waals surface area (Å²) in [6.07, 6.45) is 5.26. The fourth-order valence-electron chi connectivity index (χ4n) is 2.28. The van der Waals surface area contributed by atoms with E-state index in [1.54, 1.807) is 6.20 Å². The first kappa shape index (κ1) is 13.7. The zero-order chi connectivity index (χ0) is 14.7. The van der Waals surface area contributed by atoms with Crippen LogP contribution in [-0.2, 0) is 11.3 Å². The lowest BCUT2D eigenvalue weighted by atomic mass is 10.2. The van der Waals surface area contributed by atoms with Gasteiger partial charge in [0, 0.05) is 31.8 Å². The van der Waals surface area contributed by atoms with Gasteiger partial charge in [-0.2, -0.15) is 5.10 Å². The average molecular weight is 285 g/mol. The molecule has 21 heavy (non-hydrogen) atoms. The van der Waals surface area contributed by atoms with Gasteiger partial charge in [0.2, 0.25) is 0 Å². The summed E-state index contributed by atoms with van der Waals surface area (Å²) in [6.45, 7) is 3.28. The summed E-state index contributed by atoms with van der Waals surface area (Å²) in [6, 6.07) is 9.74. The predicted molar refractivity (Wildman–Crippen MR) is 79.0 cm³/mol. The van der Waals surface area contributed by atoms with Gasteiger partial charge < -0.3 is 10.1 Å². The molecular formula is C16H19N3O2. The molecule has 110 valence electrons. The van der Waals surface area contributed by atoms with E-state index < -0.39 is 5.60 Å². The standard InChI is InChI=1S/C16H19N3O2/c1-2-17-15(20)16(8-9-16)21-14-6-4-13(5-7-14)12-19-11-3-10-18-19/h3-7,10-11H,2,8-9,12H2,1H3,(H,17,20). The summed E-state index contributed by atoms with van der Waals surface area (Å²) >= 11 is 0. The molecule has 1 aliphatic carbocycles. The van der Waals surface area contributed by atoms with Crippen molar-refractivity contribution in [3.05, 3.63) is 48.3 Å². The summed E-state index contributed by atoms with van der Waals surface area (Å²) in [5.74, 6) is 0.730. The molecule has 0 bridgehead atoms.